The molecule has 0 saturated heterocycles. The zero-order valence-corrected chi connectivity index (χ0v) is 16.5. The van der Waals surface area contributed by atoms with Crippen molar-refractivity contribution in [2.24, 2.45) is 10.2 Å². The molecule has 0 atom stereocenters. The number of pyridine rings is 1. The number of fused-ring (bicyclic) bond motifs is 2. The van der Waals surface area contributed by atoms with Gasteiger partial charge in [-0.2, -0.15) is 8.42 Å². The quantitative estimate of drug-likeness (QED) is 0.325. The van der Waals surface area contributed by atoms with Crippen LogP contribution in [0.2, 0.25) is 0 Å². The zero-order chi connectivity index (χ0) is 19.2. The van der Waals surface area contributed by atoms with Gasteiger partial charge < -0.3 is 5.11 Å². The Morgan fingerprint density at radius 3 is 2.74 bits per heavy atom. The predicted octanol–water partition coefficient (Wildman–Crippen LogP) is 4.97. The molecule has 27 heavy (non-hydrogen) atoms. The maximum absolute atomic E-state index is 11.7. The Labute approximate surface area is 165 Å². The first-order valence-corrected chi connectivity index (χ1v) is 10.4. The van der Waals surface area contributed by atoms with Gasteiger partial charge in [-0.05, 0) is 36.4 Å². The molecular formula is C16H9BrN4O4S2. The first-order valence-electron chi connectivity index (χ1n) is 7.39. The molecule has 2 aromatic heterocycles. The van der Waals surface area contributed by atoms with E-state index >= 15 is 0 Å². The van der Waals surface area contributed by atoms with Gasteiger partial charge in [0.25, 0.3) is 10.1 Å². The minimum absolute atomic E-state index is 0.00481. The molecule has 0 radical (unpaired) electrons. The lowest BCUT2D eigenvalue weighted by atomic mass is 10.2. The van der Waals surface area contributed by atoms with Crippen LogP contribution in [0, 0.1) is 0 Å². The molecule has 0 saturated carbocycles. The first-order chi connectivity index (χ1) is 12.8. The van der Waals surface area contributed by atoms with Gasteiger partial charge in [0.05, 0.1) is 10.2 Å². The monoisotopic (exact) mass is 464 g/mol. The number of hydrogen-bond acceptors (Lipinski definition) is 8. The number of aromatic nitrogens is 2. The highest BCUT2D eigenvalue weighted by molar-refractivity contribution is 9.10. The Bertz CT molecular complexity index is 1340. The molecule has 0 fully saturated rings. The van der Waals surface area contributed by atoms with E-state index in [1.807, 2.05) is 18.2 Å². The van der Waals surface area contributed by atoms with Crippen molar-refractivity contribution in [3.8, 4) is 5.75 Å². The lowest BCUT2D eigenvalue weighted by molar-refractivity contribution is 0.479. The normalized spacial score (nSPS) is 12.4. The molecule has 4 rings (SSSR count). The van der Waals surface area contributed by atoms with Crippen LogP contribution in [-0.4, -0.2) is 28.0 Å². The Hall–Kier alpha value is -2.47. The van der Waals surface area contributed by atoms with E-state index in [0.717, 1.165) is 20.8 Å². The summed E-state index contributed by atoms with van der Waals surface area (Å²) in [5.74, 6) is -0.342. The molecule has 0 aliphatic rings. The Balaban J connectivity index is 1.85. The molecule has 0 unspecified atom stereocenters. The fourth-order valence-electron chi connectivity index (χ4n) is 2.50. The Morgan fingerprint density at radius 2 is 1.96 bits per heavy atom. The molecule has 11 heteroatoms. The summed E-state index contributed by atoms with van der Waals surface area (Å²) >= 11 is 4.65. The van der Waals surface area contributed by atoms with Gasteiger partial charge in [0.15, 0.2) is 5.75 Å². The number of rotatable bonds is 3. The van der Waals surface area contributed by atoms with Crippen LogP contribution in [0.3, 0.4) is 0 Å². The van der Waals surface area contributed by atoms with Gasteiger partial charge in [0.1, 0.15) is 16.1 Å². The number of nitrogens with zero attached hydrogens (tertiary/aromatic N) is 4. The van der Waals surface area contributed by atoms with Crippen molar-refractivity contribution in [1.82, 2.24) is 9.97 Å². The number of phenols is 1. The van der Waals surface area contributed by atoms with Crippen molar-refractivity contribution >= 4 is 69.3 Å². The van der Waals surface area contributed by atoms with E-state index in [1.165, 1.54) is 29.7 Å². The molecule has 8 nitrogen and oxygen atoms in total. The van der Waals surface area contributed by atoms with Gasteiger partial charge in [0.2, 0.25) is 5.13 Å². The van der Waals surface area contributed by atoms with Gasteiger partial charge >= 0.3 is 0 Å². The third-order valence-electron chi connectivity index (χ3n) is 3.67. The summed E-state index contributed by atoms with van der Waals surface area (Å²) in [5.41, 5.74) is 0.579. The molecular weight excluding hydrogens is 456 g/mol. The van der Waals surface area contributed by atoms with E-state index in [0.29, 0.717) is 5.13 Å². The van der Waals surface area contributed by atoms with Crippen molar-refractivity contribution in [3.63, 3.8) is 0 Å². The maximum Gasteiger partial charge on any atom is 0.295 e. The van der Waals surface area contributed by atoms with Crippen LogP contribution in [0.25, 0.3) is 21.1 Å². The molecule has 136 valence electrons. The van der Waals surface area contributed by atoms with Gasteiger partial charge in [-0.25, -0.2) is 4.98 Å². The Kier molecular flexibility index (Phi) is 4.38. The predicted molar refractivity (Wildman–Crippen MR) is 105 cm³/mol. The van der Waals surface area contributed by atoms with Crippen molar-refractivity contribution < 1.29 is 18.1 Å². The highest BCUT2D eigenvalue weighted by Crippen LogP contribution is 2.39. The van der Waals surface area contributed by atoms with E-state index in [1.54, 1.807) is 0 Å². The number of azo groups is 1. The number of thiazole rings is 1. The van der Waals surface area contributed by atoms with Crippen molar-refractivity contribution in [3.05, 3.63) is 47.1 Å². The van der Waals surface area contributed by atoms with Gasteiger partial charge in [0, 0.05) is 16.1 Å². The highest BCUT2D eigenvalue weighted by atomic mass is 79.9. The second kappa shape index (κ2) is 6.60. The molecule has 0 bridgehead atoms. The number of benzene rings is 2. The SMILES string of the molecule is O=S(=O)(O)c1cc(N=Nc2nc3cc(Br)ccc3s2)c(O)c2ncccc12. The number of halogens is 1. The van der Waals surface area contributed by atoms with Crippen LogP contribution >= 0.6 is 27.3 Å². The maximum atomic E-state index is 11.7. The number of hydrogen-bond donors (Lipinski definition) is 2. The van der Waals surface area contributed by atoms with Crippen molar-refractivity contribution in [2.45, 2.75) is 4.90 Å². The lowest BCUT2D eigenvalue weighted by Gasteiger charge is -2.07. The lowest BCUT2D eigenvalue weighted by Crippen LogP contribution is -1.99. The summed E-state index contributed by atoms with van der Waals surface area (Å²) in [7, 11) is -4.55. The summed E-state index contributed by atoms with van der Waals surface area (Å²) < 4.78 is 34.6. The largest absolute Gasteiger partial charge is 0.504 e. The third kappa shape index (κ3) is 3.41. The minimum Gasteiger partial charge on any atom is -0.504 e. The van der Waals surface area contributed by atoms with E-state index in [2.05, 4.69) is 36.1 Å². The molecule has 0 spiro atoms. The van der Waals surface area contributed by atoms with Crippen LogP contribution in [0.5, 0.6) is 5.75 Å². The smallest absolute Gasteiger partial charge is 0.295 e. The average Bonchev–Trinajstić information content (AvgIpc) is 3.02. The number of aromatic hydroxyl groups is 1. The molecule has 2 aromatic carbocycles. The zero-order valence-electron chi connectivity index (χ0n) is 13.2. The molecule has 2 heterocycles. The third-order valence-corrected chi connectivity index (χ3v) is 5.97. The van der Waals surface area contributed by atoms with Crippen molar-refractivity contribution in [2.75, 3.05) is 0 Å². The molecule has 0 aliphatic carbocycles. The fraction of sp³-hybridized carbons (Fsp3) is 0. The highest BCUT2D eigenvalue weighted by Gasteiger charge is 2.20. The van der Waals surface area contributed by atoms with Crippen LogP contribution in [-0.2, 0) is 10.1 Å². The van der Waals surface area contributed by atoms with E-state index in [-0.39, 0.29) is 22.3 Å². The molecule has 2 N–H and O–H groups in total. The second-order valence-electron chi connectivity index (χ2n) is 5.43. The summed E-state index contributed by atoms with van der Waals surface area (Å²) in [4.78, 5) is 7.87. The topological polar surface area (TPSA) is 125 Å². The van der Waals surface area contributed by atoms with E-state index in [9.17, 15) is 18.1 Å². The molecule has 4 aromatic rings. The molecule has 0 aliphatic heterocycles. The van der Waals surface area contributed by atoms with Crippen LogP contribution in [0.15, 0.2) is 62.2 Å². The summed E-state index contributed by atoms with van der Waals surface area (Å²) in [5, 5.41) is 18.7. The van der Waals surface area contributed by atoms with Crippen LogP contribution < -0.4 is 0 Å². The van der Waals surface area contributed by atoms with E-state index in [4.69, 9.17) is 0 Å². The molecule has 0 amide bonds. The van der Waals surface area contributed by atoms with Gasteiger partial charge in [-0.3, -0.25) is 9.54 Å². The minimum atomic E-state index is -4.55. The van der Waals surface area contributed by atoms with Gasteiger partial charge in [-0.1, -0.05) is 27.3 Å². The summed E-state index contributed by atoms with van der Waals surface area (Å²) in [6, 6.07) is 9.56. The standard InChI is InChI=1S/C16H9BrN4O4S2/c17-8-3-4-12-10(6-8)19-16(26-12)21-20-11-7-13(27(23,24)25)9-2-1-5-18-14(9)15(11)22/h1-7,22H,(H,23,24,25). The van der Waals surface area contributed by atoms with Crippen LogP contribution in [0.4, 0.5) is 10.8 Å². The van der Waals surface area contributed by atoms with Gasteiger partial charge in [-0.15, -0.1) is 10.2 Å². The second-order valence-corrected chi connectivity index (χ2v) is 8.74. The van der Waals surface area contributed by atoms with Crippen molar-refractivity contribution in [1.29, 1.82) is 0 Å². The first kappa shape index (κ1) is 17.9. The average molecular weight is 465 g/mol. The summed E-state index contributed by atoms with van der Waals surface area (Å²) in [6.07, 6.45) is 1.39. The number of phenolic OH excluding ortho intramolecular Hbond substituents is 1. The fourth-order valence-corrected chi connectivity index (χ4v) is 4.32. The van der Waals surface area contributed by atoms with Crippen LogP contribution in [0.1, 0.15) is 0 Å². The summed E-state index contributed by atoms with van der Waals surface area (Å²) in [6.45, 7) is 0. The van der Waals surface area contributed by atoms with E-state index < -0.39 is 15.0 Å². The Morgan fingerprint density at radius 1 is 1.15 bits per heavy atom.